The predicted octanol–water partition coefficient (Wildman–Crippen LogP) is 4.50. The molecule has 0 unspecified atom stereocenters. The molecule has 2 nitrogen and oxygen atoms in total. The van der Waals surface area contributed by atoms with Crippen LogP contribution in [0.2, 0.25) is 0 Å². The van der Waals surface area contributed by atoms with Gasteiger partial charge in [0.05, 0.1) is 17.7 Å². The van der Waals surface area contributed by atoms with Gasteiger partial charge in [-0.25, -0.2) is 0 Å². The molecule has 2 atom stereocenters. The molecule has 0 saturated heterocycles. The van der Waals surface area contributed by atoms with Crippen LogP contribution in [0.15, 0.2) is 64.6 Å². The van der Waals surface area contributed by atoms with Crippen LogP contribution in [0.1, 0.15) is 47.1 Å². The van der Waals surface area contributed by atoms with Gasteiger partial charge in [-0.2, -0.15) is 0 Å². The maximum Gasteiger partial charge on any atom is 0.118 e. The first-order valence-corrected chi connectivity index (χ1v) is 9.08. The molecule has 0 bridgehead atoms. The Kier molecular flexibility index (Phi) is 5.31. The predicted molar refractivity (Wildman–Crippen MR) is 95.9 cm³/mol. The van der Waals surface area contributed by atoms with Gasteiger partial charge in [-0.3, -0.25) is 0 Å². The van der Waals surface area contributed by atoms with E-state index in [0.717, 1.165) is 18.7 Å². The van der Waals surface area contributed by atoms with Crippen LogP contribution in [0.4, 0.5) is 0 Å². The number of quaternary nitrogens is 1. The first-order chi connectivity index (χ1) is 11.2. The van der Waals surface area contributed by atoms with E-state index in [-0.39, 0.29) is 0 Å². The Bertz CT molecular complexity index is 686. The van der Waals surface area contributed by atoms with Crippen LogP contribution in [0, 0.1) is 6.92 Å². The summed E-state index contributed by atoms with van der Waals surface area (Å²) < 4.78 is 5.70. The highest BCUT2D eigenvalue weighted by Crippen LogP contribution is 2.28. The van der Waals surface area contributed by atoms with Crippen molar-refractivity contribution >= 4 is 11.3 Å². The van der Waals surface area contributed by atoms with Crippen LogP contribution in [0.5, 0.6) is 0 Å². The molecular formula is C20H24NOS+. The maximum atomic E-state index is 5.70. The Balaban J connectivity index is 1.66. The van der Waals surface area contributed by atoms with Gasteiger partial charge in [0, 0.05) is 12.3 Å². The van der Waals surface area contributed by atoms with Crippen molar-refractivity contribution in [3.63, 3.8) is 0 Å². The molecule has 2 heterocycles. The fourth-order valence-corrected chi connectivity index (χ4v) is 3.72. The van der Waals surface area contributed by atoms with Crippen molar-refractivity contribution < 1.29 is 9.73 Å². The quantitative estimate of drug-likeness (QED) is 0.681. The summed E-state index contributed by atoms with van der Waals surface area (Å²) in [5.41, 5.74) is 2.63. The Morgan fingerprint density at radius 2 is 1.91 bits per heavy atom. The Morgan fingerprint density at radius 3 is 2.57 bits per heavy atom. The summed E-state index contributed by atoms with van der Waals surface area (Å²) in [6.45, 7) is 5.49. The second kappa shape index (κ2) is 7.62. The maximum absolute atomic E-state index is 5.70. The molecule has 0 aliphatic carbocycles. The number of nitrogens with two attached hydrogens (primary N) is 1. The van der Waals surface area contributed by atoms with Crippen molar-refractivity contribution in [1.29, 1.82) is 0 Å². The number of furan rings is 1. The molecule has 0 saturated carbocycles. The lowest BCUT2D eigenvalue weighted by molar-refractivity contribution is -0.692. The smallest absolute Gasteiger partial charge is 0.118 e. The van der Waals surface area contributed by atoms with E-state index < -0.39 is 0 Å². The molecule has 1 aromatic carbocycles. The monoisotopic (exact) mass is 326 g/mol. The summed E-state index contributed by atoms with van der Waals surface area (Å²) in [6, 6.07) is 17.8. The summed E-state index contributed by atoms with van der Waals surface area (Å²) in [4.78, 5) is 1.44. The molecule has 2 aromatic heterocycles. The number of aryl methyl sites for hydroxylation is 1. The van der Waals surface area contributed by atoms with E-state index in [1.54, 1.807) is 6.26 Å². The molecule has 0 spiro atoms. The van der Waals surface area contributed by atoms with Crippen LogP contribution >= 0.6 is 11.3 Å². The minimum Gasteiger partial charge on any atom is -0.469 e. The summed E-state index contributed by atoms with van der Waals surface area (Å²) in [7, 11) is 0. The molecule has 3 rings (SSSR count). The number of hydrogen-bond donors (Lipinski definition) is 1. The zero-order valence-corrected chi connectivity index (χ0v) is 14.6. The fourth-order valence-electron chi connectivity index (χ4n) is 2.94. The van der Waals surface area contributed by atoms with Crippen molar-refractivity contribution in [2.45, 2.75) is 32.2 Å². The van der Waals surface area contributed by atoms with Crippen LogP contribution in [0.3, 0.4) is 0 Å². The van der Waals surface area contributed by atoms with E-state index in [1.807, 2.05) is 17.4 Å². The van der Waals surface area contributed by atoms with E-state index in [4.69, 9.17) is 4.42 Å². The number of hydrogen-bond acceptors (Lipinski definition) is 2. The van der Waals surface area contributed by atoms with Gasteiger partial charge in [0.1, 0.15) is 11.8 Å². The lowest BCUT2D eigenvalue weighted by Gasteiger charge is -2.16. The topological polar surface area (TPSA) is 29.8 Å². The van der Waals surface area contributed by atoms with Gasteiger partial charge in [0.2, 0.25) is 0 Å². The van der Waals surface area contributed by atoms with Gasteiger partial charge in [-0.15, -0.1) is 11.3 Å². The van der Waals surface area contributed by atoms with Crippen LogP contribution in [-0.4, -0.2) is 6.54 Å². The largest absolute Gasteiger partial charge is 0.469 e. The van der Waals surface area contributed by atoms with Crippen molar-refractivity contribution in [1.82, 2.24) is 0 Å². The van der Waals surface area contributed by atoms with Gasteiger partial charge in [-0.05, 0) is 43.0 Å². The number of rotatable bonds is 7. The molecule has 0 radical (unpaired) electrons. The van der Waals surface area contributed by atoms with Gasteiger partial charge in [0.25, 0.3) is 0 Å². The average Bonchev–Trinajstić information content (AvgIpc) is 3.26. The number of thiophene rings is 1. The SMILES string of the molecule is Cc1ccc([C@H](CC[NH2+][C@H](C)c2cccs2)c2ccco2)cc1. The van der Waals surface area contributed by atoms with E-state index in [2.05, 4.69) is 67.0 Å². The first-order valence-electron chi connectivity index (χ1n) is 8.20. The van der Waals surface area contributed by atoms with Crippen LogP contribution in [0.25, 0.3) is 0 Å². The normalized spacial score (nSPS) is 13.8. The molecule has 3 heteroatoms. The summed E-state index contributed by atoms with van der Waals surface area (Å²) in [5.74, 6) is 1.39. The van der Waals surface area contributed by atoms with E-state index in [1.165, 1.54) is 16.0 Å². The highest BCUT2D eigenvalue weighted by Gasteiger charge is 2.18. The van der Waals surface area contributed by atoms with Crippen LogP contribution in [-0.2, 0) is 0 Å². The minimum absolute atomic E-state index is 0.331. The lowest BCUT2D eigenvalue weighted by Crippen LogP contribution is -2.84. The Hall–Kier alpha value is -1.84. The molecule has 0 amide bonds. The van der Waals surface area contributed by atoms with Gasteiger partial charge >= 0.3 is 0 Å². The third-order valence-electron chi connectivity index (χ3n) is 4.33. The lowest BCUT2D eigenvalue weighted by atomic mass is 9.92. The molecule has 0 aliphatic rings. The first kappa shape index (κ1) is 16.0. The highest BCUT2D eigenvalue weighted by atomic mass is 32.1. The Morgan fingerprint density at radius 1 is 1.09 bits per heavy atom. The second-order valence-corrected chi connectivity index (χ2v) is 7.08. The second-order valence-electron chi connectivity index (χ2n) is 6.10. The molecule has 23 heavy (non-hydrogen) atoms. The Labute approximate surface area is 142 Å². The average molecular weight is 326 g/mol. The van der Waals surface area contributed by atoms with Crippen molar-refractivity contribution in [2.24, 2.45) is 0 Å². The van der Waals surface area contributed by atoms with Crippen molar-refractivity contribution in [3.8, 4) is 0 Å². The molecule has 3 aromatic rings. The van der Waals surface area contributed by atoms with E-state index >= 15 is 0 Å². The summed E-state index contributed by atoms with van der Waals surface area (Å²) in [5, 5.41) is 4.58. The molecular weight excluding hydrogens is 302 g/mol. The molecule has 0 fully saturated rings. The number of benzene rings is 1. The van der Waals surface area contributed by atoms with Crippen molar-refractivity contribution in [2.75, 3.05) is 6.54 Å². The van der Waals surface area contributed by atoms with E-state index in [0.29, 0.717) is 12.0 Å². The van der Waals surface area contributed by atoms with Crippen LogP contribution < -0.4 is 5.32 Å². The third kappa shape index (κ3) is 4.12. The highest BCUT2D eigenvalue weighted by molar-refractivity contribution is 7.10. The molecule has 2 N–H and O–H groups in total. The summed E-state index contributed by atoms with van der Waals surface area (Å²) in [6.07, 6.45) is 2.85. The third-order valence-corrected chi connectivity index (χ3v) is 5.41. The molecule has 0 aliphatic heterocycles. The fraction of sp³-hybridized carbons (Fsp3) is 0.300. The zero-order chi connectivity index (χ0) is 16.1. The van der Waals surface area contributed by atoms with Gasteiger partial charge in [-0.1, -0.05) is 35.9 Å². The summed E-state index contributed by atoms with van der Waals surface area (Å²) >= 11 is 1.84. The van der Waals surface area contributed by atoms with E-state index in [9.17, 15) is 0 Å². The van der Waals surface area contributed by atoms with Gasteiger partial charge < -0.3 is 9.73 Å². The minimum atomic E-state index is 0.331. The van der Waals surface area contributed by atoms with Gasteiger partial charge in [0.15, 0.2) is 0 Å². The standard InChI is InChI=1S/C20H23NOS/c1-15-7-9-17(10-8-15)18(19-5-3-13-22-19)11-12-21-16(2)20-6-4-14-23-20/h3-10,13-14,16,18,21H,11-12H2,1-2H3/p+1/t16-,18+/m1/s1. The van der Waals surface area contributed by atoms with Crippen molar-refractivity contribution in [3.05, 3.63) is 81.9 Å². The zero-order valence-electron chi connectivity index (χ0n) is 13.7. The molecule has 120 valence electrons.